The van der Waals surface area contributed by atoms with Crippen molar-refractivity contribution >= 4 is 0 Å². The Morgan fingerprint density at radius 2 is 1.62 bits per heavy atom. The van der Waals surface area contributed by atoms with Crippen molar-refractivity contribution in [3.8, 4) is 5.75 Å². The fourth-order valence-electron chi connectivity index (χ4n) is 4.03. The molecule has 29 heavy (non-hydrogen) atoms. The highest BCUT2D eigenvalue weighted by atomic mass is 16.5. The first-order valence-electron chi connectivity index (χ1n) is 11.7. The van der Waals surface area contributed by atoms with Crippen LogP contribution < -0.4 is 4.74 Å². The predicted molar refractivity (Wildman–Crippen MR) is 122 cm³/mol. The summed E-state index contributed by atoms with van der Waals surface area (Å²) in [6.45, 7) is 16.3. The molecule has 5 nitrogen and oxygen atoms in total. The minimum atomic E-state index is -0.432. The summed E-state index contributed by atoms with van der Waals surface area (Å²) in [4.78, 5) is 7.33. The molecule has 1 aliphatic rings. The van der Waals surface area contributed by atoms with Crippen molar-refractivity contribution in [2.75, 3.05) is 59.0 Å². The van der Waals surface area contributed by atoms with Gasteiger partial charge in [-0.3, -0.25) is 4.90 Å². The van der Waals surface area contributed by atoms with E-state index in [0.717, 1.165) is 58.1 Å². The average Bonchev–Trinajstić information content (AvgIpc) is 3.01. The summed E-state index contributed by atoms with van der Waals surface area (Å²) in [5.74, 6) is 0.859. The molecule has 1 atom stereocenters. The van der Waals surface area contributed by atoms with Crippen molar-refractivity contribution in [3.05, 3.63) is 29.8 Å². The Morgan fingerprint density at radius 1 is 0.966 bits per heavy atom. The zero-order chi connectivity index (χ0) is 20.9. The zero-order valence-electron chi connectivity index (χ0n) is 19.0. The van der Waals surface area contributed by atoms with Crippen LogP contribution in [0.25, 0.3) is 0 Å². The standard InChI is InChI=1S/C24H43N3O2/c1-4-25(5-2)16-17-26(6-3)19-22-12-11-13-24(18-22)29-21-23(28)20-27-14-9-7-8-10-15-27/h11-13,18,23,28H,4-10,14-17,19-21H2,1-3H3/t23-/m0/s1. The number of benzene rings is 1. The van der Waals surface area contributed by atoms with Gasteiger partial charge < -0.3 is 19.6 Å². The summed E-state index contributed by atoms with van der Waals surface area (Å²) >= 11 is 0. The third kappa shape index (κ3) is 9.47. The number of ether oxygens (including phenoxy) is 1. The van der Waals surface area contributed by atoms with Crippen LogP contribution in [0.5, 0.6) is 5.75 Å². The van der Waals surface area contributed by atoms with Crippen LogP contribution in [0.2, 0.25) is 0 Å². The number of β-amino-alcohol motifs (C(OH)–C–C–N with tert-alkyl or cyclic N) is 1. The number of aliphatic hydroxyl groups is 1. The highest BCUT2D eigenvalue weighted by molar-refractivity contribution is 5.28. The van der Waals surface area contributed by atoms with Crippen LogP contribution in [0.15, 0.2) is 24.3 Å². The van der Waals surface area contributed by atoms with Gasteiger partial charge in [0.15, 0.2) is 0 Å². The van der Waals surface area contributed by atoms with Gasteiger partial charge in [-0.25, -0.2) is 0 Å². The highest BCUT2D eigenvalue weighted by Gasteiger charge is 2.14. The smallest absolute Gasteiger partial charge is 0.119 e. The molecule has 1 heterocycles. The van der Waals surface area contributed by atoms with Crippen LogP contribution in [-0.4, -0.2) is 84.9 Å². The van der Waals surface area contributed by atoms with Gasteiger partial charge in [0.1, 0.15) is 18.5 Å². The minimum Gasteiger partial charge on any atom is -0.491 e. The minimum absolute atomic E-state index is 0.361. The van der Waals surface area contributed by atoms with E-state index < -0.39 is 6.10 Å². The number of hydrogen-bond donors (Lipinski definition) is 1. The van der Waals surface area contributed by atoms with Crippen LogP contribution in [0.1, 0.15) is 52.0 Å². The second-order valence-corrected chi connectivity index (χ2v) is 8.22. The fourth-order valence-corrected chi connectivity index (χ4v) is 4.03. The first-order valence-corrected chi connectivity index (χ1v) is 11.7. The van der Waals surface area contributed by atoms with Crippen molar-refractivity contribution in [1.82, 2.24) is 14.7 Å². The topological polar surface area (TPSA) is 39.2 Å². The Labute approximate surface area is 178 Å². The molecule has 1 saturated heterocycles. The summed E-state index contributed by atoms with van der Waals surface area (Å²) in [6, 6.07) is 8.34. The molecule has 2 rings (SSSR count). The first-order chi connectivity index (χ1) is 14.1. The third-order valence-electron chi connectivity index (χ3n) is 5.99. The monoisotopic (exact) mass is 405 g/mol. The first kappa shape index (κ1) is 24.1. The van der Waals surface area contributed by atoms with Crippen LogP contribution in [-0.2, 0) is 6.54 Å². The summed E-state index contributed by atoms with van der Waals surface area (Å²) in [6.07, 6.45) is 4.70. The van der Waals surface area contributed by atoms with E-state index >= 15 is 0 Å². The van der Waals surface area contributed by atoms with Gasteiger partial charge in [0.25, 0.3) is 0 Å². The number of aliphatic hydroxyl groups excluding tert-OH is 1. The van der Waals surface area contributed by atoms with Crippen molar-refractivity contribution in [2.45, 2.75) is 59.1 Å². The van der Waals surface area contributed by atoms with Gasteiger partial charge in [0.05, 0.1) is 0 Å². The molecule has 0 amide bonds. The maximum atomic E-state index is 10.4. The van der Waals surface area contributed by atoms with Crippen molar-refractivity contribution < 1.29 is 9.84 Å². The molecule has 1 N–H and O–H groups in total. The number of nitrogens with zero attached hydrogens (tertiary/aromatic N) is 3. The van der Waals surface area contributed by atoms with E-state index in [0.29, 0.717) is 13.2 Å². The maximum Gasteiger partial charge on any atom is 0.119 e. The molecular formula is C24H43N3O2. The highest BCUT2D eigenvalue weighted by Crippen LogP contribution is 2.16. The summed E-state index contributed by atoms with van der Waals surface area (Å²) in [5.41, 5.74) is 1.27. The van der Waals surface area contributed by atoms with Crippen LogP contribution in [0, 0.1) is 0 Å². The normalized spacial score (nSPS) is 16.9. The van der Waals surface area contributed by atoms with Crippen molar-refractivity contribution in [1.29, 1.82) is 0 Å². The lowest BCUT2D eigenvalue weighted by molar-refractivity contribution is 0.0693. The second kappa shape index (κ2) is 14.0. The molecule has 5 heteroatoms. The number of likely N-dealkylation sites (N-methyl/N-ethyl adjacent to an activating group) is 2. The van der Waals surface area contributed by atoms with E-state index in [1.54, 1.807) is 0 Å². The van der Waals surface area contributed by atoms with Gasteiger partial charge in [-0.05, 0) is 63.3 Å². The van der Waals surface area contributed by atoms with Crippen molar-refractivity contribution in [2.24, 2.45) is 0 Å². The number of likely N-dealkylation sites (tertiary alicyclic amines) is 1. The van der Waals surface area contributed by atoms with Crippen LogP contribution in [0.3, 0.4) is 0 Å². The summed E-state index contributed by atoms with van der Waals surface area (Å²) in [5, 5.41) is 10.4. The van der Waals surface area contributed by atoms with Crippen LogP contribution >= 0.6 is 0 Å². The number of rotatable bonds is 13. The Bertz CT molecular complexity index is 543. The zero-order valence-corrected chi connectivity index (χ0v) is 19.0. The molecule has 1 aromatic rings. The van der Waals surface area contributed by atoms with Gasteiger partial charge in [-0.2, -0.15) is 0 Å². The van der Waals surface area contributed by atoms with E-state index in [-0.39, 0.29) is 0 Å². The molecular weight excluding hydrogens is 362 g/mol. The Balaban J connectivity index is 1.78. The SMILES string of the molecule is CCN(CC)CCN(CC)Cc1cccc(OC[C@@H](O)CN2CCCCCC2)c1. The molecule has 0 aromatic heterocycles. The Hall–Kier alpha value is -1.14. The lowest BCUT2D eigenvalue weighted by atomic mass is 10.2. The molecule has 1 aromatic carbocycles. The quantitative estimate of drug-likeness (QED) is 0.544. The third-order valence-corrected chi connectivity index (χ3v) is 5.99. The fraction of sp³-hybridized carbons (Fsp3) is 0.750. The lowest BCUT2D eigenvalue weighted by Crippen LogP contribution is -2.36. The van der Waals surface area contributed by atoms with Gasteiger partial charge in [-0.15, -0.1) is 0 Å². The molecule has 1 fully saturated rings. The molecule has 0 unspecified atom stereocenters. The van der Waals surface area contributed by atoms with Gasteiger partial charge in [0.2, 0.25) is 0 Å². The van der Waals surface area contributed by atoms with Gasteiger partial charge in [-0.1, -0.05) is 45.7 Å². The van der Waals surface area contributed by atoms with E-state index in [1.807, 2.05) is 6.07 Å². The maximum absolute atomic E-state index is 10.4. The molecule has 166 valence electrons. The molecule has 1 aliphatic heterocycles. The van der Waals surface area contributed by atoms with Gasteiger partial charge in [0, 0.05) is 26.2 Å². The molecule has 0 bridgehead atoms. The van der Waals surface area contributed by atoms with Gasteiger partial charge >= 0.3 is 0 Å². The average molecular weight is 406 g/mol. The van der Waals surface area contributed by atoms with Crippen molar-refractivity contribution in [3.63, 3.8) is 0 Å². The lowest BCUT2D eigenvalue weighted by Gasteiger charge is -2.25. The molecule has 0 spiro atoms. The Morgan fingerprint density at radius 3 is 2.28 bits per heavy atom. The van der Waals surface area contributed by atoms with E-state index in [2.05, 4.69) is 53.7 Å². The van der Waals surface area contributed by atoms with E-state index in [1.165, 1.54) is 31.2 Å². The van der Waals surface area contributed by atoms with E-state index in [4.69, 9.17) is 4.74 Å². The van der Waals surface area contributed by atoms with E-state index in [9.17, 15) is 5.11 Å². The molecule has 0 saturated carbocycles. The van der Waals surface area contributed by atoms with Crippen LogP contribution in [0.4, 0.5) is 0 Å². The molecule has 0 aliphatic carbocycles. The summed E-state index contributed by atoms with van der Waals surface area (Å²) < 4.78 is 5.93. The second-order valence-electron chi connectivity index (χ2n) is 8.22. The predicted octanol–water partition coefficient (Wildman–Crippen LogP) is 3.47. The number of hydrogen-bond acceptors (Lipinski definition) is 5. The Kier molecular flexibility index (Phi) is 11.6. The summed E-state index contributed by atoms with van der Waals surface area (Å²) in [7, 11) is 0. The molecule has 0 radical (unpaired) electrons. The largest absolute Gasteiger partial charge is 0.491 e.